The highest BCUT2D eigenvalue weighted by atomic mass is 16.5. The molecule has 0 saturated heterocycles. The van der Waals surface area contributed by atoms with Crippen LogP contribution in [-0.2, 0) is 17.8 Å². The summed E-state index contributed by atoms with van der Waals surface area (Å²) < 4.78 is 5.22. The molecule has 0 spiro atoms. The first kappa shape index (κ1) is 13.0. The number of methoxy groups -OCH3 is 1. The predicted octanol–water partition coefficient (Wildman–Crippen LogP) is 1.79. The van der Waals surface area contributed by atoms with E-state index in [0.717, 1.165) is 23.3 Å². The van der Waals surface area contributed by atoms with Crippen LogP contribution in [0.25, 0.3) is 0 Å². The second-order valence-corrected chi connectivity index (χ2v) is 3.61. The number of carbonyl (C=O) groups excluding carboxylic acids is 1. The van der Waals surface area contributed by atoms with Crippen molar-refractivity contribution in [3.8, 4) is 11.8 Å². The lowest BCUT2D eigenvalue weighted by Crippen LogP contribution is -2.21. The lowest BCUT2D eigenvalue weighted by Gasteiger charge is -2.09. The van der Waals surface area contributed by atoms with Crippen molar-refractivity contribution in [2.75, 3.05) is 7.11 Å². The zero-order valence-electron chi connectivity index (χ0n) is 10.1. The van der Waals surface area contributed by atoms with E-state index in [-0.39, 0.29) is 12.3 Å². The van der Waals surface area contributed by atoms with Crippen molar-refractivity contribution in [3.63, 3.8) is 0 Å². The Morgan fingerprint density at radius 2 is 2.29 bits per heavy atom. The number of hydrogen-bond donors (Lipinski definition) is 1. The minimum absolute atomic E-state index is 0.100. The molecule has 0 fully saturated rings. The lowest BCUT2D eigenvalue weighted by atomic mass is 10.1. The minimum atomic E-state index is -0.249. The van der Waals surface area contributed by atoms with Crippen molar-refractivity contribution in [3.05, 3.63) is 29.3 Å². The molecule has 0 heterocycles. The smallest absolute Gasteiger partial charge is 0.234 e. The number of ether oxygens (including phenoxy) is 1. The van der Waals surface area contributed by atoms with E-state index in [2.05, 4.69) is 12.2 Å². The van der Waals surface area contributed by atoms with Gasteiger partial charge in [-0.05, 0) is 23.6 Å². The van der Waals surface area contributed by atoms with E-state index in [4.69, 9.17) is 10.00 Å². The molecule has 0 aliphatic rings. The molecule has 0 aromatic heterocycles. The lowest BCUT2D eigenvalue weighted by molar-refractivity contribution is -0.120. The van der Waals surface area contributed by atoms with E-state index in [0.29, 0.717) is 6.54 Å². The van der Waals surface area contributed by atoms with Crippen LogP contribution >= 0.6 is 0 Å². The van der Waals surface area contributed by atoms with Crippen molar-refractivity contribution >= 4 is 5.91 Å². The Hall–Kier alpha value is -2.02. The minimum Gasteiger partial charge on any atom is -0.496 e. The third-order valence-electron chi connectivity index (χ3n) is 2.46. The summed E-state index contributed by atoms with van der Waals surface area (Å²) in [5, 5.41) is 11.0. The summed E-state index contributed by atoms with van der Waals surface area (Å²) in [4.78, 5) is 11.1. The average Bonchev–Trinajstić information content (AvgIpc) is 2.36. The Bertz CT molecular complexity index is 436. The van der Waals surface area contributed by atoms with Crippen molar-refractivity contribution in [1.82, 2.24) is 5.32 Å². The van der Waals surface area contributed by atoms with Crippen LogP contribution in [0.1, 0.15) is 24.5 Å². The molecular weight excluding hydrogens is 216 g/mol. The molecule has 0 bridgehead atoms. The van der Waals surface area contributed by atoms with Crippen molar-refractivity contribution in [2.24, 2.45) is 0 Å². The zero-order chi connectivity index (χ0) is 12.7. The van der Waals surface area contributed by atoms with Gasteiger partial charge in [-0.3, -0.25) is 4.79 Å². The highest BCUT2D eigenvalue weighted by molar-refractivity contribution is 5.77. The Kier molecular flexibility index (Phi) is 5.02. The number of nitriles is 1. The normalized spacial score (nSPS) is 9.47. The van der Waals surface area contributed by atoms with Crippen molar-refractivity contribution < 1.29 is 9.53 Å². The van der Waals surface area contributed by atoms with Crippen molar-refractivity contribution in [2.45, 2.75) is 26.3 Å². The molecule has 1 N–H and O–H groups in total. The molecule has 0 unspecified atom stereocenters. The fourth-order valence-corrected chi connectivity index (χ4v) is 1.55. The van der Waals surface area contributed by atoms with E-state index in [9.17, 15) is 4.79 Å². The van der Waals surface area contributed by atoms with E-state index >= 15 is 0 Å². The molecular formula is C13H16N2O2. The molecule has 17 heavy (non-hydrogen) atoms. The molecule has 1 aromatic carbocycles. The monoisotopic (exact) mass is 232 g/mol. The second kappa shape index (κ2) is 6.54. The molecule has 0 aliphatic carbocycles. The van der Waals surface area contributed by atoms with Gasteiger partial charge < -0.3 is 10.1 Å². The average molecular weight is 232 g/mol. The van der Waals surface area contributed by atoms with Crippen LogP contribution < -0.4 is 10.1 Å². The summed E-state index contributed by atoms with van der Waals surface area (Å²) in [5.74, 6) is 0.612. The number of hydrogen-bond acceptors (Lipinski definition) is 3. The van der Waals surface area contributed by atoms with E-state index in [1.54, 1.807) is 7.11 Å². The van der Waals surface area contributed by atoms with Gasteiger partial charge in [0.05, 0.1) is 13.2 Å². The number of carbonyl (C=O) groups is 1. The van der Waals surface area contributed by atoms with Gasteiger partial charge in [-0.1, -0.05) is 19.1 Å². The summed E-state index contributed by atoms with van der Waals surface area (Å²) >= 11 is 0. The Morgan fingerprint density at radius 1 is 1.53 bits per heavy atom. The number of aryl methyl sites for hydroxylation is 1. The fraction of sp³-hybridized carbons (Fsp3) is 0.385. The molecule has 4 heteroatoms. The number of nitrogens with one attached hydrogen (secondary N) is 1. The summed E-state index contributed by atoms with van der Waals surface area (Å²) in [6.45, 7) is 2.49. The standard InChI is InChI=1S/C13H16N2O2/c1-3-11-8-10(4-5-12(11)17-2)9-15-13(16)6-7-14/h4-5,8H,3,6,9H2,1-2H3,(H,15,16). The molecule has 90 valence electrons. The van der Waals surface area contributed by atoms with Crippen LogP contribution in [0.5, 0.6) is 5.75 Å². The number of rotatable bonds is 5. The highest BCUT2D eigenvalue weighted by Gasteiger charge is 2.04. The quantitative estimate of drug-likeness (QED) is 0.841. The largest absolute Gasteiger partial charge is 0.496 e. The fourth-order valence-electron chi connectivity index (χ4n) is 1.55. The molecule has 0 radical (unpaired) electrons. The molecule has 0 saturated carbocycles. The second-order valence-electron chi connectivity index (χ2n) is 3.61. The first-order chi connectivity index (χ1) is 8.21. The number of benzene rings is 1. The van der Waals surface area contributed by atoms with Gasteiger partial charge >= 0.3 is 0 Å². The first-order valence-corrected chi connectivity index (χ1v) is 5.50. The van der Waals surface area contributed by atoms with Crippen LogP contribution in [0, 0.1) is 11.3 Å². The zero-order valence-corrected chi connectivity index (χ0v) is 10.1. The van der Waals surface area contributed by atoms with Gasteiger partial charge in [-0.2, -0.15) is 5.26 Å². The Balaban J connectivity index is 2.67. The third kappa shape index (κ3) is 3.80. The van der Waals surface area contributed by atoms with Crippen LogP contribution in [0.15, 0.2) is 18.2 Å². The van der Waals surface area contributed by atoms with Gasteiger partial charge in [0.2, 0.25) is 5.91 Å². The summed E-state index contributed by atoms with van der Waals surface area (Å²) in [7, 11) is 1.64. The molecule has 0 aliphatic heterocycles. The maximum Gasteiger partial charge on any atom is 0.234 e. The summed E-state index contributed by atoms with van der Waals surface area (Å²) in [5.41, 5.74) is 2.12. The van der Waals surface area contributed by atoms with Crippen molar-refractivity contribution in [1.29, 1.82) is 5.26 Å². The maximum atomic E-state index is 11.1. The predicted molar refractivity (Wildman–Crippen MR) is 64.4 cm³/mol. The molecule has 4 nitrogen and oxygen atoms in total. The molecule has 1 aromatic rings. The van der Waals surface area contributed by atoms with Gasteiger partial charge in [0.1, 0.15) is 12.2 Å². The van der Waals surface area contributed by atoms with Crippen LogP contribution in [-0.4, -0.2) is 13.0 Å². The first-order valence-electron chi connectivity index (χ1n) is 5.50. The molecule has 0 atom stereocenters. The Labute approximate surface area is 101 Å². The third-order valence-corrected chi connectivity index (χ3v) is 2.46. The topological polar surface area (TPSA) is 62.1 Å². The van der Waals surface area contributed by atoms with E-state index < -0.39 is 0 Å². The Morgan fingerprint density at radius 3 is 2.88 bits per heavy atom. The van der Waals surface area contributed by atoms with E-state index in [1.807, 2.05) is 24.3 Å². The van der Waals surface area contributed by atoms with Gasteiger partial charge in [0.25, 0.3) is 0 Å². The molecule has 1 rings (SSSR count). The number of nitrogens with zero attached hydrogens (tertiary/aromatic N) is 1. The summed E-state index contributed by atoms with van der Waals surface area (Å²) in [6.07, 6.45) is 0.778. The maximum absolute atomic E-state index is 11.1. The molecule has 1 amide bonds. The van der Waals surface area contributed by atoms with E-state index in [1.165, 1.54) is 0 Å². The van der Waals surface area contributed by atoms with Crippen LogP contribution in [0.3, 0.4) is 0 Å². The van der Waals surface area contributed by atoms with Crippen LogP contribution in [0.4, 0.5) is 0 Å². The highest BCUT2D eigenvalue weighted by Crippen LogP contribution is 2.20. The van der Waals surface area contributed by atoms with Gasteiger partial charge in [-0.15, -0.1) is 0 Å². The SMILES string of the molecule is CCc1cc(CNC(=O)CC#N)ccc1OC. The summed E-state index contributed by atoms with van der Waals surface area (Å²) in [6, 6.07) is 7.62. The van der Waals surface area contributed by atoms with Gasteiger partial charge in [0.15, 0.2) is 0 Å². The van der Waals surface area contributed by atoms with Gasteiger partial charge in [-0.25, -0.2) is 0 Å². The van der Waals surface area contributed by atoms with Crippen LogP contribution in [0.2, 0.25) is 0 Å². The van der Waals surface area contributed by atoms with Gasteiger partial charge in [0, 0.05) is 6.54 Å². The number of amides is 1.